The highest BCUT2D eigenvalue weighted by molar-refractivity contribution is 5.99. The van der Waals surface area contributed by atoms with E-state index >= 15 is 0 Å². The summed E-state index contributed by atoms with van der Waals surface area (Å²) in [7, 11) is 1.56. The number of ether oxygens (including phenoxy) is 3. The number of ketones is 2. The number of piperidine rings is 3. The molecule has 320 valence electrons. The normalized spacial score (nSPS) is 20.9. The Hall–Kier alpha value is -4.80. The molecule has 3 aliphatic heterocycles. The maximum absolute atomic E-state index is 14.9. The van der Waals surface area contributed by atoms with E-state index in [2.05, 4.69) is 4.98 Å². The highest BCUT2D eigenvalue weighted by atomic mass is 19.3. The number of hydrogen-bond acceptors (Lipinski definition) is 10. The summed E-state index contributed by atoms with van der Waals surface area (Å²) in [6, 6.07) is 8.63. The Balaban J connectivity index is 0.000000390. The van der Waals surface area contributed by atoms with Gasteiger partial charge in [0, 0.05) is 61.8 Å². The Morgan fingerprint density at radius 1 is 0.724 bits per heavy atom. The number of carbonyl (C=O) groups is 5. The van der Waals surface area contributed by atoms with Gasteiger partial charge < -0.3 is 34.6 Å². The number of pyridine rings is 1. The summed E-state index contributed by atoms with van der Waals surface area (Å²) in [5.41, 5.74) is 4.69. The summed E-state index contributed by atoms with van der Waals surface area (Å²) in [6.45, 7) is 9.66. The first-order chi connectivity index (χ1) is 26.9. The molecular formula is C41H55F4N5O8. The van der Waals surface area contributed by atoms with Gasteiger partial charge in [-0.2, -0.15) is 0 Å². The lowest BCUT2D eigenvalue weighted by Gasteiger charge is -2.38. The predicted octanol–water partition coefficient (Wildman–Crippen LogP) is 6.88. The number of halogens is 4. The van der Waals surface area contributed by atoms with Gasteiger partial charge in [0.05, 0.1) is 26.2 Å². The summed E-state index contributed by atoms with van der Waals surface area (Å²) >= 11 is 0. The molecule has 2 N–H and O–H groups in total. The molecule has 2 aromatic rings. The van der Waals surface area contributed by atoms with Crippen LogP contribution in [0, 0.1) is 11.8 Å². The van der Waals surface area contributed by atoms with Gasteiger partial charge in [0.15, 0.2) is 11.6 Å². The van der Waals surface area contributed by atoms with Crippen LogP contribution in [0.4, 0.5) is 27.2 Å². The number of rotatable bonds is 7. The Labute approximate surface area is 336 Å². The summed E-state index contributed by atoms with van der Waals surface area (Å²) in [6.07, 6.45) is 0.417. The molecule has 1 aromatic heterocycles. The minimum absolute atomic E-state index is 0.0341. The van der Waals surface area contributed by atoms with Crippen molar-refractivity contribution in [1.82, 2.24) is 19.7 Å². The number of likely N-dealkylation sites (tertiary alicyclic amines) is 3. The van der Waals surface area contributed by atoms with Gasteiger partial charge in [-0.15, -0.1) is 0 Å². The lowest BCUT2D eigenvalue weighted by molar-refractivity contribution is -0.109. The van der Waals surface area contributed by atoms with E-state index in [4.69, 9.17) is 19.9 Å². The van der Waals surface area contributed by atoms with Gasteiger partial charge in [-0.3, -0.25) is 19.4 Å². The zero-order valence-corrected chi connectivity index (χ0v) is 34.2. The Morgan fingerprint density at radius 3 is 1.69 bits per heavy atom. The summed E-state index contributed by atoms with van der Waals surface area (Å²) in [5.74, 6) is -7.82. The fourth-order valence-electron chi connectivity index (χ4n) is 6.68. The van der Waals surface area contributed by atoms with E-state index in [1.54, 1.807) is 77.8 Å². The number of nitrogens with two attached hydrogens (primary N) is 1. The third-order valence-electron chi connectivity index (χ3n) is 9.97. The van der Waals surface area contributed by atoms with Crippen LogP contribution in [-0.4, -0.2) is 125 Å². The fourth-order valence-corrected chi connectivity index (χ4v) is 6.68. The number of methoxy groups -OCH3 is 1. The molecule has 0 spiro atoms. The second kappa shape index (κ2) is 18.4. The Morgan fingerprint density at radius 2 is 1.22 bits per heavy atom. The van der Waals surface area contributed by atoms with E-state index in [0.29, 0.717) is 37.2 Å². The van der Waals surface area contributed by atoms with Gasteiger partial charge in [-0.05, 0) is 104 Å². The molecule has 2 unspecified atom stereocenters. The standard InChI is InChI=1S/C31H37F2N3O6.C10H18F2N2O2/c1-30(2,3)42-29(40)36-16-13-23(31(32,33)19-36)17-26(37)22-7-10-25(34-18-22)28(39)35-14-11-21(12-15-35)27(38)20-5-8-24(41-4)9-6-20;1-9(2,3)16-8(15)14-5-4-7(13)10(11,12)6-14/h5-10,18,21,23H,11-17,19H2,1-4H3;7H,4-6,13H2,1-3H3. The lowest BCUT2D eigenvalue weighted by atomic mass is 9.87. The zero-order valence-electron chi connectivity index (χ0n) is 34.2. The van der Waals surface area contributed by atoms with E-state index in [1.165, 1.54) is 18.3 Å². The van der Waals surface area contributed by atoms with E-state index in [9.17, 15) is 41.5 Å². The zero-order chi connectivity index (χ0) is 43.2. The summed E-state index contributed by atoms with van der Waals surface area (Å²) in [4.78, 5) is 70.2. The summed E-state index contributed by atoms with van der Waals surface area (Å²) < 4.78 is 71.6. The molecule has 0 radical (unpaired) electrons. The van der Waals surface area contributed by atoms with Crippen molar-refractivity contribution in [3.63, 3.8) is 0 Å². The van der Waals surface area contributed by atoms with Gasteiger partial charge >= 0.3 is 12.2 Å². The van der Waals surface area contributed by atoms with E-state index in [0.717, 1.165) is 9.80 Å². The molecule has 3 aliphatic rings. The van der Waals surface area contributed by atoms with Gasteiger partial charge in [-0.1, -0.05) is 0 Å². The molecule has 5 rings (SSSR count). The van der Waals surface area contributed by atoms with Crippen LogP contribution in [0.25, 0.3) is 0 Å². The van der Waals surface area contributed by atoms with Crippen LogP contribution in [-0.2, 0) is 9.47 Å². The average molecular weight is 822 g/mol. The quantitative estimate of drug-likeness (QED) is 0.230. The van der Waals surface area contributed by atoms with Gasteiger partial charge in [0.2, 0.25) is 0 Å². The number of benzene rings is 1. The van der Waals surface area contributed by atoms with Crippen LogP contribution < -0.4 is 10.5 Å². The molecule has 3 saturated heterocycles. The number of hydrogen-bond donors (Lipinski definition) is 1. The second-order valence-electron chi connectivity index (χ2n) is 16.9. The average Bonchev–Trinajstić information content (AvgIpc) is 3.15. The number of carbonyl (C=O) groups excluding carboxylic acids is 5. The highest BCUT2D eigenvalue weighted by Gasteiger charge is 2.47. The Kier molecular flexibility index (Phi) is 14.6. The number of aromatic nitrogens is 1. The lowest BCUT2D eigenvalue weighted by Crippen LogP contribution is -2.57. The molecule has 0 saturated carbocycles. The van der Waals surface area contributed by atoms with Crippen molar-refractivity contribution in [3.05, 3.63) is 59.4 Å². The van der Waals surface area contributed by atoms with Crippen LogP contribution in [0.5, 0.6) is 5.75 Å². The molecule has 2 atom stereocenters. The first kappa shape index (κ1) is 45.9. The maximum Gasteiger partial charge on any atom is 0.410 e. The predicted molar refractivity (Wildman–Crippen MR) is 205 cm³/mol. The molecule has 17 heteroatoms. The molecule has 3 fully saturated rings. The third-order valence-corrected chi connectivity index (χ3v) is 9.97. The van der Waals surface area contributed by atoms with E-state index in [-0.39, 0.29) is 54.8 Å². The van der Waals surface area contributed by atoms with Crippen molar-refractivity contribution >= 4 is 29.7 Å². The molecular weight excluding hydrogens is 766 g/mol. The van der Waals surface area contributed by atoms with Crippen molar-refractivity contribution < 1.29 is 55.7 Å². The largest absolute Gasteiger partial charge is 0.497 e. The van der Waals surface area contributed by atoms with Crippen molar-refractivity contribution in [2.75, 3.05) is 46.4 Å². The molecule has 1 aromatic carbocycles. The topological polar surface area (TPSA) is 162 Å². The fraction of sp³-hybridized carbons (Fsp3) is 0.610. The highest BCUT2D eigenvalue weighted by Crippen LogP contribution is 2.36. The minimum atomic E-state index is -3.25. The number of Topliss-reactive ketones (excluding diaryl/α,β-unsaturated/α-hetero) is 2. The van der Waals surface area contributed by atoms with Crippen LogP contribution in [0.15, 0.2) is 42.6 Å². The second-order valence-corrected chi connectivity index (χ2v) is 16.9. The maximum atomic E-state index is 14.9. The van der Waals surface area contributed by atoms with Crippen LogP contribution in [0.3, 0.4) is 0 Å². The first-order valence-corrected chi connectivity index (χ1v) is 19.3. The molecule has 4 heterocycles. The number of alkyl halides is 4. The summed E-state index contributed by atoms with van der Waals surface area (Å²) in [5, 5.41) is 0. The SMILES string of the molecule is CC(C)(C)OC(=O)N1CCC(N)C(F)(F)C1.COc1ccc(C(=O)C2CCN(C(=O)c3ccc(C(=O)CC4CCN(C(=O)OC(C)(C)C)CC4(F)F)cn3)CC2)cc1. The third kappa shape index (κ3) is 12.6. The Bertz CT molecular complexity index is 1770. The molecule has 58 heavy (non-hydrogen) atoms. The van der Waals surface area contributed by atoms with E-state index < -0.39 is 72.5 Å². The molecule has 3 amide bonds. The monoisotopic (exact) mass is 821 g/mol. The molecule has 0 aliphatic carbocycles. The van der Waals surface area contributed by atoms with Crippen molar-refractivity contribution in [2.45, 2.75) is 103 Å². The van der Waals surface area contributed by atoms with Crippen molar-refractivity contribution in [2.24, 2.45) is 17.6 Å². The number of nitrogens with zero attached hydrogens (tertiary/aromatic N) is 4. The van der Waals surface area contributed by atoms with Gasteiger partial charge in [0.25, 0.3) is 17.8 Å². The van der Waals surface area contributed by atoms with E-state index in [1.807, 2.05) is 0 Å². The molecule has 0 bridgehead atoms. The van der Waals surface area contributed by atoms with Crippen molar-refractivity contribution in [1.29, 1.82) is 0 Å². The molecule has 13 nitrogen and oxygen atoms in total. The minimum Gasteiger partial charge on any atom is -0.497 e. The van der Waals surface area contributed by atoms with Crippen molar-refractivity contribution in [3.8, 4) is 5.75 Å². The first-order valence-electron chi connectivity index (χ1n) is 19.3. The van der Waals surface area contributed by atoms with Crippen LogP contribution >= 0.6 is 0 Å². The van der Waals surface area contributed by atoms with Crippen LogP contribution in [0.1, 0.15) is 105 Å². The van der Waals surface area contributed by atoms with Crippen LogP contribution in [0.2, 0.25) is 0 Å². The van der Waals surface area contributed by atoms with Gasteiger partial charge in [0.1, 0.15) is 22.6 Å². The number of amides is 3. The van der Waals surface area contributed by atoms with Gasteiger partial charge in [-0.25, -0.2) is 27.2 Å². The smallest absolute Gasteiger partial charge is 0.410 e.